The summed E-state index contributed by atoms with van der Waals surface area (Å²) in [4.78, 5) is 21.4. The lowest BCUT2D eigenvalue weighted by molar-refractivity contribution is 0.0696. The summed E-state index contributed by atoms with van der Waals surface area (Å²) in [6.07, 6.45) is 9.18. The van der Waals surface area contributed by atoms with E-state index in [1.807, 2.05) is 0 Å². The first-order valence-corrected chi connectivity index (χ1v) is 6.57. The maximum Gasteiger partial charge on any atom is 0.338 e. The first-order valence-electron chi connectivity index (χ1n) is 6.57. The van der Waals surface area contributed by atoms with Crippen molar-refractivity contribution in [3.05, 3.63) is 18.0 Å². The molecule has 1 saturated carbocycles. The summed E-state index contributed by atoms with van der Waals surface area (Å²) >= 11 is 0. The van der Waals surface area contributed by atoms with E-state index in [2.05, 4.69) is 14.9 Å². The summed E-state index contributed by atoms with van der Waals surface area (Å²) in [5.74, 6) is 0.495. The van der Waals surface area contributed by atoms with Gasteiger partial charge in [0.05, 0.1) is 5.56 Å². The molecule has 96 valence electrons. The molecule has 1 aliphatic heterocycles. The van der Waals surface area contributed by atoms with Crippen molar-refractivity contribution in [2.75, 3.05) is 11.4 Å². The van der Waals surface area contributed by atoms with Crippen LogP contribution in [0.1, 0.15) is 42.5 Å². The molecule has 1 saturated heterocycles. The van der Waals surface area contributed by atoms with Crippen LogP contribution in [0.15, 0.2) is 12.4 Å². The van der Waals surface area contributed by atoms with Gasteiger partial charge in [-0.05, 0) is 25.2 Å². The lowest BCUT2D eigenvalue weighted by atomic mass is 9.85. The number of aromatic carboxylic acids is 1. The summed E-state index contributed by atoms with van der Waals surface area (Å²) in [5.41, 5.74) is 0.151. The van der Waals surface area contributed by atoms with Crippen molar-refractivity contribution < 1.29 is 9.90 Å². The molecule has 0 radical (unpaired) electrons. The molecule has 1 aromatic rings. The number of hydrogen-bond acceptors (Lipinski definition) is 4. The normalized spacial score (nSPS) is 27.0. The first-order chi connectivity index (χ1) is 8.75. The van der Waals surface area contributed by atoms with Crippen LogP contribution < -0.4 is 4.90 Å². The van der Waals surface area contributed by atoms with Crippen molar-refractivity contribution in [3.63, 3.8) is 0 Å². The zero-order valence-corrected chi connectivity index (χ0v) is 10.2. The molecule has 0 spiro atoms. The standard InChI is InChI=1S/C13H17N3O2/c17-12(18)10-7-14-13(15-8-10)16-6-5-9-3-1-2-4-11(9)16/h7-9,11H,1-6H2,(H,17,18). The number of nitrogens with zero attached hydrogens (tertiary/aromatic N) is 3. The lowest BCUT2D eigenvalue weighted by Gasteiger charge is -2.31. The van der Waals surface area contributed by atoms with Crippen molar-refractivity contribution in [1.29, 1.82) is 0 Å². The number of hydrogen-bond donors (Lipinski definition) is 1. The molecule has 1 N–H and O–H groups in total. The van der Waals surface area contributed by atoms with Crippen LogP contribution in [0.25, 0.3) is 0 Å². The zero-order valence-electron chi connectivity index (χ0n) is 10.2. The largest absolute Gasteiger partial charge is 0.478 e. The summed E-state index contributed by atoms with van der Waals surface area (Å²) < 4.78 is 0. The van der Waals surface area contributed by atoms with Crippen molar-refractivity contribution >= 4 is 11.9 Å². The van der Waals surface area contributed by atoms with Gasteiger partial charge in [0.25, 0.3) is 0 Å². The van der Waals surface area contributed by atoms with E-state index in [-0.39, 0.29) is 5.56 Å². The second-order valence-corrected chi connectivity index (χ2v) is 5.17. The maximum atomic E-state index is 10.8. The number of anilines is 1. The minimum Gasteiger partial charge on any atom is -0.478 e. The number of carboxylic acid groups (broad SMARTS) is 1. The Hall–Kier alpha value is -1.65. The van der Waals surface area contributed by atoms with Gasteiger partial charge in [0.15, 0.2) is 0 Å². The molecule has 5 nitrogen and oxygen atoms in total. The number of carbonyl (C=O) groups is 1. The first kappa shape index (κ1) is 11.4. The Balaban J connectivity index is 1.80. The molecule has 0 amide bonds. The Bertz CT molecular complexity index is 446. The van der Waals surface area contributed by atoms with Gasteiger partial charge >= 0.3 is 5.97 Å². The fraction of sp³-hybridized carbons (Fsp3) is 0.615. The third-order valence-corrected chi connectivity index (χ3v) is 4.15. The van der Waals surface area contributed by atoms with E-state index < -0.39 is 5.97 Å². The SMILES string of the molecule is O=C(O)c1cnc(N2CCC3CCCCC32)nc1. The summed E-state index contributed by atoms with van der Waals surface area (Å²) in [6.45, 7) is 1.00. The van der Waals surface area contributed by atoms with Gasteiger partial charge in [-0.2, -0.15) is 0 Å². The van der Waals surface area contributed by atoms with Crippen molar-refractivity contribution in [3.8, 4) is 0 Å². The van der Waals surface area contributed by atoms with Gasteiger partial charge in [-0.3, -0.25) is 0 Å². The third-order valence-electron chi connectivity index (χ3n) is 4.15. The monoisotopic (exact) mass is 247 g/mol. The average Bonchev–Trinajstić information content (AvgIpc) is 2.82. The maximum absolute atomic E-state index is 10.8. The van der Waals surface area contributed by atoms with Crippen molar-refractivity contribution in [2.45, 2.75) is 38.1 Å². The van der Waals surface area contributed by atoms with Crippen LogP contribution in [0.5, 0.6) is 0 Å². The molecule has 0 aromatic carbocycles. The van der Waals surface area contributed by atoms with Crippen molar-refractivity contribution in [1.82, 2.24) is 9.97 Å². The van der Waals surface area contributed by atoms with E-state index in [4.69, 9.17) is 5.11 Å². The van der Waals surface area contributed by atoms with E-state index in [1.54, 1.807) is 0 Å². The molecule has 2 aliphatic rings. The van der Waals surface area contributed by atoms with Crippen LogP contribution >= 0.6 is 0 Å². The Kier molecular flexibility index (Phi) is 2.89. The van der Waals surface area contributed by atoms with Gasteiger partial charge in [0.2, 0.25) is 5.95 Å². The van der Waals surface area contributed by atoms with Crippen LogP contribution in [0.2, 0.25) is 0 Å². The highest BCUT2D eigenvalue weighted by Crippen LogP contribution is 2.37. The van der Waals surface area contributed by atoms with Crippen LogP contribution in [-0.2, 0) is 0 Å². The predicted octanol–water partition coefficient (Wildman–Crippen LogP) is 1.94. The van der Waals surface area contributed by atoms with Gasteiger partial charge in [0, 0.05) is 25.0 Å². The molecule has 2 heterocycles. The fourth-order valence-electron chi connectivity index (χ4n) is 3.23. The molecule has 1 aromatic heterocycles. The Morgan fingerprint density at radius 2 is 1.94 bits per heavy atom. The van der Waals surface area contributed by atoms with E-state index in [0.717, 1.165) is 12.5 Å². The van der Waals surface area contributed by atoms with Gasteiger partial charge in [-0.1, -0.05) is 12.8 Å². The van der Waals surface area contributed by atoms with E-state index in [0.29, 0.717) is 12.0 Å². The molecule has 18 heavy (non-hydrogen) atoms. The molecule has 2 unspecified atom stereocenters. The zero-order chi connectivity index (χ0) is 12.5. The van der Waals surface area contributed by atoms with E-state index >= 15 is 0 Å². The minimum atomic E-state index is -0.974. The molecule has 2 fully saturated rings. The van der Waals surface area contributed by atoms with E-state index in [1.165, 1.54) is 44.5 Å². The number of fused-ring (bicyclic) bond motifs is 1. The summed E-state index contributed by atoms with van der Waals surface area (Å²) in [5, 5.41) is 8.83. The van der Waals surface area contributed by atoms with Crippen LogP contribution in [-0.4, -0.2) is 33.6 Å². The Labute approximate surface area is 106 Å². The minimum absolute atomic E-state index is 0.151. The van der Waals surface area contributed by atoms with Gasteiger partial charge < -0.3 is 10.0 Å². The van der Waals surface area contributed by atoms with Gasteiger partial charge in [0.1, 0.15) is 0 Å². The molecule has 2 atom stereocenters. The Morgan fingerprint density at radius 1 is 1.22 bits per heavy atom. The Morgan fingerprint density at radius 3 is 2.67 bits per heavy atom. The highest BCUT2D eigenvalue weighted by atomic mass is 16.4. The smallest absolute Gasteiger partial charge is 0.338 e. The second kappa shape index (κ2) is 4.55. The lowest BCUT2D eigenvalue weighted by Crippen LogP contribution is -2.35. The van der Waals surface area contributed by atoms with E-state index in [9.17, 15) is 4.79 Å². The molecule has 5 heteroatoms. The molecule has 1 aliphatic carbocycles. The van der Waals surface area contributed by atoms with Crippen LogP contribution in [0, 0.1) is 5.92 Å². The highest BCUT2D eigenvalue weighted by Gasteiger charge is 2.36. The molecular formula is C13H17N3O2. The number of rotatable bonds is 2. The summed E-state index contributed by atoms with van der Waals surface area (Å²) in [6, 6.07) is 0.564. The van der Waals surface area contributed by atoms with Gasteiger partial charge in [-0.25, -0.2) is 14.8 Å². The number of carboxylic acids is 1. The summed E-state index contributed by atoms with van der Waals surface area (Å²) in [7, 11) is 0. The topological polar surface area (TPSA) is 66.3 Å². The molecule has 0 bridgehead atoms. The average molecular weight is 247 g/mol. The third kappa shape index (κ3) is 1.94. The van der Waals surface area contributed by atoms with Crippen LogP contribution in [0.3, 0.4) is 0 Å². The number of aromatic nitrogens is 2. The van der Waals surface area contributed by atoms with Crippen LogP contribution in [0.4, 0.5) is 5.95 Å². The predicted molar refractivity (Wildman–Crippen MR) is 66.7 cm³/mol. The highest BCUT2D eigenvalue weighted by molar-refractivity contribution is 5.86. The molecular weight excluding hydrogens is 230 g/mol. The fourth-order valence-corrected chi connectivity index (χ4v) is 3.23. The second-order valence-electron chi connectivity index (χ2n) is 5.17. The molecule has 3 rings (SSSR count). The quantitative estimate of drug-likeness (QED) is 0.865. The van der Waals surface area contributed by atoms with Gasteiger partial charge in [-0.15, -0.1) is 0 Å². The van der Waals surface area contributed by atoms with Crippen molar-refractivity contribution in [2.24, 2.45) is 5.92 Å².